The van der Waals surface area contributed by atoms with Crippen LogP contribution in [0.15, 0.2) is 36.4 Å². The normalized spacial score (nSPS) is 11.1. The van der Waals surface area contributed by atoms with Gasteiger partial charge < -0.3 is 0 Å². The fourth-order valence-corrected chi connectivity index (χ4v) is 1.71. The fourth-order valence-electron chi connectivity index (χ4n) is 1.71. The first-order valence-corrected chi connectivity index (χ1v) is 6.48. The number of hydrogen-bond acceptors (Lipinski definition) is 0. The van der Waals surface area contributed by atoms with E-state index in [0.29, 0.717) is 0 Å². The van der Waals surface area contributed by atoms with Gasteiger partial charge in [0.1, 0.15) is 0 Å². The average Bonchev–Trinajstić information content (AvgIpc) is 2.34. The van der Waals surface area contributed by atoms with E-state index in [1.165, 1.54) is 44.1 Å². The van der Waals surface area contributed by atoms with Crippen LogP contribution in [0.4, 0.5) is 0 Å². The van der Waals surface area contributed by atoms with Gasteiger partial charge in [-0.25, -0.2) is 0 Å². The summed E-state index contributed by atoms with van der Waals surface area (Å²) in [7, 11) is 0. The molecule has 0 aliphatic heterocycles. The monoisotopic (exact) mass is 215 g/mol. The zero-order valence-electron chi connectivity index (χ0n) is 10.4. The lowest BCUT2D eigenvalue weighted by Gasteiger charge is -1.97. The molecule has 1 aromatic rings. The molecule has 0 heterocycles. The van der Waals surface area contributed by atoms with Crippen LogP contribution < -0.4 is 0 Å². The van der Waals surface area contributed by atoms with Crippen molar-refractivity contribution in [2.75, 3.05) is 0 Å². The lowest BCUT2D eigenvalue weighted by Crippen LogP contribution is -1.78. The zero-order chi connectivity index (χ0) is 11.5. The molecule has 0 spiro atoms. The Kier molecular flexibility index (Phi) is 7.49. The first kappa shape index (κ1) is 13.0. The molecule has 0 amide bonds. The van der Waals surface area contributed by atoms with Gasteiger partial charge in [-0.05, 0) is 18.4 Å². The van der Waals surface area contributed by atoms with Crippen molar-refractivity contribution in [3.63, 3.8) is 0 Å². The van der Waals surface area contributed by atoms with Crippen LogP contribution in [0.2, 0.25) is 0 Å². The average molecular weight is 215 g/mol. The minimum Gasteiger partial charge on any atom is -0.0802 e. The Balaban J connectivity index is 2.01. The largest absolute Gasteiger partial charge is 0.0802 e. The van der Waals surface area contributed by atoms with Gasteiger partial charge in [0.25, 0.3) is 0 Å². The number of benzene rings is 1. The second-order valence-electron chi connectivity index (χ2n) is 4.21. The van der Waals surface area contributed by atoms with Crippen molar-refractivity contribution < 1.29 is 0 Å². The molecule has 0 atom stereocenters. The van der Waals surface area contributed by atoms with E-state index in [0.717, 1.165) is 0 Å². The summed E-state index contributed by atoms with van der Waals surface area (Å²) in [4.78, 5) is 0. The van der Waals surface area contributed by atoms with Crippen molar-refractivity contribution in [2.24, 2.45) is 0 Å². The first-order valence-electron chi connectivity index (χ1n) is 6.48. The Morgan fingerprint density at radius 3 is 2.44 bits per heavy atom. The van der Waals surface area contributed by atoms with Crippen molar-refractivity contribution in [3.8, 4) is 0 Å². The van der Waals surface area contributed by atoms with Gasteiger partial charge in [-0.3, -0.25) is 0 Å². The molecule has 0 heteroatoms. The second-order valence-corrected chi connectivity index (χ2v) is 4.21. The van der Waals surface area contributed by atoms with Crippen molar-refractivity contribution in [1.82, 2.24) is 0 Å². The number of allylic oxidation sites excluding steroid dienone is 1. The Hall–Kier alpha value is -1.04. The van der Waals surface area contributed by atoms with Gasteiger partial charge in [0, 0.05) is 0 Å². The van der Waals surface area contributed by atoms with Crippen molar-refractivity contribution >= 4 is 6.08 Å². The van der Waals surface area contributed by atoms with E-state index in [-0.39, 0.29) is 0 Å². The Morgan fingerprint density at radius 1 is 0.938 bits per heavy atom. The highest BCUT2D eigenvalue weighted by Gasteiger charge is 1.88. The Bertz CT molecular complexity index is 271. The van der Waals surface area contributed by atoms with Gasteiger partial charge in [0.05, 0.1) is 0 Å². The molecule has 1 radical (unpaired) electrons. The quantitative estimate of drug-likeness (QED) is 0.518. The zero-order valence-corrected chi connectivity index (χ0v) is 10.4. The highest BCUT2D eigenvalue weighted by atomic mass is 13.9. The van der Waals surface area contributed by atoms with Gasteiger partial charge >= 0.3 is 0 Å². The molecule has 0 fully saturated rings. The molecule has 0 aromatic heterocycles. The van der Waals surface area contributed by atoms with E-state index >= 15 is 0 Å². The molecule has 0 saturated carbocycles. The molecule has 0 nitrogen and oxygen atoms in total. The Labute approximate surface area is 100 Å². The molecule has 0 saturated heterocycles. The van der Waals surface area contributed by atoms with Crippen LogP contribution in [0.5, 0.6) is 0 Å². The molecule has 0 aliphatic carbocycles. The lowest BCUT2D eigenvalue weighted by molar-refractivity contribution is 0.632. The molecule has 87 valence electrons. The van der Waals surface area contributed by atoms with E-state index in [1.54, 1.807) is 0 Å². The number of rotatable bonds is 8. The summed E-state index contributed by atoms with van der Waals surface area (Å²) in [6.45, 7) is 2.26. The minimum absolute atomic E-state index is 1.22. The van der Waals surface area contributed by atoms with Gasteiger partial charge in [0.2, 0.25) is 0 Å². The van der Waals surface area contributed by atoms with E-state index in [1.807, 2.05) is 0 Å². The van der Waals surface area contributed by atoms with Crippen LogP contribution in [-0.4, -0.2) is 0 Å². The van der Waals surface area contributed by atoms with Crippen molar-refractivity contribution in [2.45, 2.75) is 45.4 Å². The summed E-state index contributed by atoms with van der Waals surface area (Å²) in [5, 5.41) is 0. The minimum atomic E-state index is 1.22. The van der Waals surface area contributed by atoms with Gasteiger partial charge in [-0.1, -0.05) is 81.5 Å². The topological polar surface area (TPSA) is 0 Å². The number of hydrogen-bond donors (Lipinski definition) is 0. The third-order valence-electron chi connectivity index (χ3n) is 2.70. The summed E-state index contributed by atoms with van der Waals surface area (Å²) in [6.07, 6.45) is 14.7. The van der Waals surface area contributed by atoms with Crippen molar-refractivity contribution in [3.05, 3.63) is 48.4 Å². The second kappa shape index (κ2) is 9.21. The molecule has 0 N–H and O–H groups in total. The van der Waals surface area contributed by atoms with Gasteiger partial charge in [-0.15, -0.1) is 0 Å². The standard InChI is InChI=1S/C16H23/c1-2-3-4-5-6-7-8-10-13-16-14-11-9-12-15-16/h8-15H,2-7H2,1H3. The lowest BCUT2D eigenvalue weighted by atomic mass is 10.1. The summed E-state index contributed by atoms with van der Waals surface area (Å²) in [6, 6.07) is 10.5. The van der Waals surface area contributed by atoms with E-state index in [2.05, 4.69) is 55.8 Å². The van der Waals surface area contributed by atoms with Gasteiger partial charge in [-0.2, -0.15) is 0 Å². The third-order valence-corrected chi connectivity index (χ3v) is 2.70. The van der Waals surface area contributed by atoms with Crippen LogP contribution in [0, 0.1) is 6.42 Å². The SMILES string of the molecule is CCCCCCC[CH]C=Cc1ccccc1. The summed E-state index contributed by atoms with van der Waals surface area (Å²) < 4.78 is 0. The van der Waals surface area contributed by atoms with Crippen LogP contribution in [-0.2, 0) is 0 Å². The predicted molar refractivity (Wildman–Crippen MR) is 73.2 cm³/mol. The molecule has 0 bridgehead atoms. The smallest absolute Gasteiger partial charge is 0.0167 e. The maximum atomic E-state index is 2.28. The summed E-state index contributed by atoms with van der Waals surface area (Å²) in [5.41, 5.74) is 1.28. The molecule has 16 heavy (non-hydrogen) atoms. The molecular formula is C16H23. The molecule has 1 rings (SSSR count). The first-order chi connectivity index (χ1) is 7.93. The summed E-state index contributed by atoms with van der Waals surface area (Å²) in [5.74, 6) is 0. The predicted octanol–water partition coefficient (Wildman–Crippen LogP) is 5.26. The highest BCUT2D eigenvalue weighted by molar-refractivity contribution is 5.49. The van der Waals surface area contributed by atoms with Crippen LogP contribution in [0.3, 0.4) is 0 Å². The Morgan fingerprint density at radius 2 is 1.69 bits per heavy atom. The van der Waals surface area contributed by atoms with E-state index in [9.17, 15) is 0 Å². The van der Waals surface area contributed by atoms with Gasteiger partial charge in [0.15, 0.2) is 0 Å². The van der Waals surface area contributed by atoms with Crippen LogP contribution in [0.25, 0.3) is 6.08 Å². The van der Waals surface area contributed by atoms with Crippen LogP contribution >= 0.6 is 0 Å². The molecular weight excluding hydrogens is 192 g/mol. The van der Waals surface area contributed by atoms with Crippen LogP contribution in [0.1, 0.15) is 51.0 Å². The van der Waals surface area contributed by atoms with E-state index in [4.69, 9.17) is 0 Å². The third kappa shape index (κ3) is 6.44. The highest BCUT2D eigenvalue weighted by Crippen LogP contribution is 2.08. The molecule has 1 aromatic carbocycles. The fraction of sp³-hybridized carbons (Fsp3) is 0.438. The van der Waals surface area contributed by atoms with Crippen molar-refractivity contribution in [1.29, 1.82) is 0 Å². The molecule has 0 aliphatic rings. The van der Waals surface area contributed by atoms with E-state index < -0.39 is 0 Å². The number of unbranched alkanes of at least 4 members (excludes halogenated alkanes) is 6. The summed E-state index contributed by atoms with van der Waals surface area (Å²) >= 11 is 0. The maximum absolute atomic E-state index is 2.28. The maximum Gasteiger partial charge on any atom is -0.0167 e. The molecule has 0 unspecified atom stereocenters.